The molecule has 0 spiro atoms. The van der Waals surface area contributed by atoms with Crippen LogP contribution in [0.3, 0.4) is 0 Å². The summed E-state index contributed by atoms with van der Waals surface area (Å²) in [6, 6.07) is 0. The summed E-state index contributed by atoms with van der Waals surface area (Å²) in [7, 11) is 0. The number of nitrogens with one attached hydrogen (secondary N) is 2. The van der Waals surface area contributed by atoms with Gasteiger partial charge in [-0.2, -0.15) is 0 Å². The molecule has 3 rings (SSSR count). The van der Waals surface area contributed by atoms with Crippen molar-refractivity contribution in [3.05, 3.63) is 15.5 Å². The van der Waals surface area contributed by atoms with E-state index in [1.165, 1.54) is 11.3 Å². The van der Waals surface area contributed by atoms with E-state index in [0.717, 1.165) is 5.69 Å². The maximum Gasteiger partial charge on any atom is 0.200 e. The highest BCUT2D eigenvalue weighted by Gasteiger charge is 2.09. The zero-order valence-electron chi connectivity index (χ0n) is 7.89. The molecule has 16 heavy (non-hydrogen) atoms. The van der Waals surface area contributed by atoms with Gasteiger partial charge in [0.1, 0.15) is 11.2 Å². The molecule has 0 fully saturated rings. The number of nitrogen functional groups attached to an aromatic ring is 1. The van der Waals surface area contributed by atoms with E-state index in [1.807, 2.05) is 5.38 Å². The molecule has 0 saturated heterocycles. The van der Waals surface area contributed by atoms with Gasteiger partial charge in [0.25, 0.3) is 0 Å². The van der Waals surface area contributed by atoms with Crippen molar-refractivity contribution >= 4 is 40.7 Å². The Hall–Kier alpha value is -1.80. The van der Waals surface area contributed by atoms with Gasteiger partial charge in [0, 0.05) is 5.38 Å². The summed E-state index contributed by atoms with van der Waals surface area (Å²) in [6.45, 7) is 0. The van der Waals surface area contributed by atoms with Gasteiger partial charge in [-0.05, 0) is 0 Å². The van der Waals surface area contributed by atoms with Crippen LogP contribution in [0.25, 0.3) is 22.7 Å². The summed E-state index contributed by atoms with van der Waals surface area (Å²) >= 11 is 6.59. The van der Waals surface area contributed by atoms with E-state index >= 15 is 0 Å². The van der Waals surface area contributed by atoms with Crippen molar-refractivity contribution < 1.29 is 0 Å². The number of imidazole rings is 1. The molecule has 0 bridgehead atoms. The molecular formula is C8H6N6S2. The number of nitrogens with zero attached hydrogens (tertiary/aromatic N) is 3. The van der Waals surface area contributed by atoms with E-state index in [0.29, 0.717) is 21.6 Å². The predicted octanol–water partition coefficient (Wildman–Crippen LogP) is 1.72. The molecule has 0 aliphatic carbocycles. The van der Waals surface area contributed by atoms with E-state index in [4.69, 9.17) is 18.0 Å². The second kappa shape index (κ2) is 3.35. The van der Waals surface area contributed by atoms with Crippen LogP contribution < -0.4 is 5.73 Å². The lowest BCUT2D eigenvalue weighted by molar-refractivity contribution is 1.20. The molecule has 0 unspecified atom stereocenters. The minimum Gasteiger partial charge on any atom is -0.369 e. The van der Waals surface area contributed by atoms with Crippen molar-refractivity contribution in [3.8, 4) is 11.5 Å². The molecule has 3 aromatic rings. The Kier molecular flexibility index (Phi) is 1.98. The number of aromatic nitrogens is 5. The summed E-state index contributed by atoms with van der Waals surface area (Å²) < 4.78 is 0.403. The van der Waals surface area contributed by atoms with E-state index in [-0.39, 0.29) is 5.95 Å². The van der Waals surface area contributed by atoms with Gasteiger partial charge in [-0.25, -0.2) is 15.0 Å². The van der Waals surface area contributed by atoms with Crippen LogP contribution >= 0.6 is 23.6 Å². The fraction of sp³-hybridized carbons (Fsp3) is 0. The zero-order valence-corrected chi connectivity index (χ0v) is 9.52. The van der Waals surface area contributed by atoms with Gasteiger partial charge in [0.2, 0.25) is 5.95 Å². The summed E-state index contributed by atoms with van der Waals surface area (Å²) in [5, 5.41) is 1.90. The molecule has 8 heteroatoms. The van der Waals surface area contributed by atoms with Crippen molar-refractivity contribution in [1.82, 2.24) is 24.9 Å². The molecular weight excluding hydrogens is 244 g/mol. The van der Waals surface area contributed by atoms with E-state index < -0.39 is 0 Å². The second-order valence-electron chi connectivity index (χ2n) is 3.11. The molecule has 0 atom stereocenters. The number of H-pyrrole nitrogens is 2. The average Bonchev–Trinajstić information content (AvgIpc) is 2.82. The van der Waals surface area contributed by atoms with Crippen molar-refractivity contribution in [2.24, 2.45) is 0 Å². The Morgan fingerprint density at radius 1 is 1.31 bits per heavy atom. The quantitative estimate of drug-likeness (QED) is 0.571. The monoisotopic (exact) mass is 250 g/mol. The van der Waals surface area contributed by atoms with Crippen LogP contribution in [0.4, 0.5) is 5.95 Å². The number of rotatable bonds is 1. The number of aromatic amines is 2. The van der Waals surface area contributed by atoms with Crippen LogP contribution in [0.15, 0.2) is 10.9 Å². The average molecular weight is 250 g/mol. The third kappa shape index (κ3) is 1.39. The van der Waals surface area contributed by atoms with Gasteiger partial charge in [-0.3, -0.25) is 0 Å². The number of hydrogen-bond acceptors (Lipinski definition) is 6. The fourth-order valence-electron chi connectivity index (χ4n) is 1.38. The van der Waals surface area contributed by atoms with E-state index in [9.17, 15) is 0 Å². The second-order valence-corrected chi connectivity index (χ2v) is 4.22. The van der Waals surface area contributed by atoms with Crippen molar-refractivity contribution in [2.75, 3.05) is 5.73 Å². The maximum atomic E-state index is 5.55. The summed E-state index contributed by atoms with van der Waals surface area (Å²) in [5.41, 5.74) is 9.35. The molecule has 80 valence electrons. The Balaban J connectivity index is 2.31. The highest BCUT2D eigenvalue weighted by atomic mass is 32.1. The highest BCUT2D eigenvalue weighted by Crippen LogP contribution is 2.19. The number of fused-ring (bicyclic) bond motifs is 1. The van der Waals surface area contributed by atoms with Crippen LogP contribution in [0, 0.1) is 4.64 Å². The van der Waals surface area contributed by atoms with Crippen LogP contribution in [-0.2, 0) is 0 Å². The van der Waals surface area contributed by atoms with Gasteiger partial charge >= 0.3 is 0 Å². The Morgan fingerprint density at radius 3 is 2.94 bits per heavy atom. The molecule has 0 saturated carbocycles. The van der Waals surface area contributed by atoms with Crippen molar-refractivity contribution in [1.29, 1.82) is 0 Å². The van der Waals surface area contributed by atoms with Crippen LogP contribution in [-0.4, -0.2) is 24.9 Å². The molecule has 0 aromatic carbocycles. The number of nitrogens with two attached hydrogens (primary N) is 1. The fourth-order valence-corrected chi connectivity index (χ4v) is 2.17. The lowest BCUT2D eigenvalue weighted by Gasteiger charge is -1.91. The smallest absolute Gasteiger partial charge is 0.200 e. The highest BCUT2D eigenvalue weighted by molar-refractivity contribution is 7.71. The van der Waals surface area contributed by atoms with Gasteiger partial charge < -0.3 is 15.7 Å². The molecule has 6 nitrogen and oxygen atoms in total. The Bertz CT molecular complexity index is 695. The number of thiazole rings is 1. The Morgan fingerprint density at radius 2 is 2.19 bits per heavy atom. The number of hydrogen-bond donors (Lipinski definition) is 3. The van der Waals surface area contributed by atoms with Crippen LogP contribution in [0.1, 0.15) is 0 Å². The van der Waals surface area contributed by atoms with Gasteiger partial charge in [0.15, 0.2) is 16.1 Å². The SMILES string of the molecule is Nc1nc(=S)c2[nH]c(-c3cscn3)nc2[nH]1. The molecule has 0 amide bonds. The van der Waals surface area contributed by atoms with Crippen LogP contribution in [0.5, 0.6) is 0 Å². The third-order valence-corrected chi connectivity index (χ3v) is 2.94. The van der Waals surface area contributed by atoms with E-state index in [2.05, 4.69) is 24.9 Å². The first-order valence-corrected chi connectivity index (χ1v) is 5.73. The Labute approximate surface area is 98.6 Å². The van der Waals surface area contributed by atoms with E-state index in [1.54, 1.807) is 5.51 Å². The standard InChI is InChI=1S/C8H6N6S2/c9-8-13-6-4(7(15)14-8)11-5(12-6)3-1-16-2-10-3/h1-2H,(H4,9,11,12,13,14,15). The minimum atomic E-state index is 0.258. The summed E-state index contributed by atoms with van der Waals surface area (Å²) in [5.74, 6) is 0.917. The normalized spacial score (nSPS) is 11.0. The molecule has 0 aliphatic rings. The molecule has 3 heterocycles. The van der Waals surface area contributed by atoms with Gasteiger partial charge in [0.05, 0.1) is 5.51 Å². The first kappa shape index (κ1) is 9.43. The summed E-state index contributed by atoms with van der Waals surface area (Å²) in [6.07, 6.45) is 0. The third-order valence-electron chi connectivity index (χ3n) is 2.06. The maximum absolute atomic E-state index is 5.55. The van der Waals surface area contributed by atoms with Crippen LogP contribution in [0.2, 0.25) is 0 Å². The first-order chi connectivity index (χ1) is 7.74. The molecule has 0 aliphatic heterocycles. The minimum absolute atomic E-state index is 0.258. The lowest BCUT2D eigenvalue weighted by atomic mass is 10.5. The van der Waals surface area contributed by atoms with Crippen molar-refractivity contribution in [3.63, 3.8) is 0 Å². The molecule has 0 radical (unpaired) electrons. The molecule has 4 N–H and O–H groups in total. The topological polar surface area (TPSA) is 96.3 Å². The molecule has 3 aromatic heterocycles. The number of anilines is 1. The predicted molar refractivity (Wildman–Crippen MR) is 64.6 cm³/mol. The first-order valence-electron chi connectivity index (χ1n) is 4.38. The summed E-state index contributed by atoms with van der Waals surface area (Å²) in [4.78, 5) is 18.3. The lowest BCUT2D eigenvalue weighted by Crippen LogP contribution is -1.94. The van der Waals surface area contributed by atoms with Gasteiger partial charge in [-0.1, -0.05) is 12.2 Å². The van der Waals surface area contributed by atoms with Crippen molar-refractivity contribution in [2.45, 2.75) is 0 Å². The van der Waals surface area contributed by atoms with Gasteiger partial charge in [-0.15, -0.1) is 11.3 Å². The largest absolute Gasteiger partial charge is 0.369 e. The zero-order chi connectivity index (χ0) is 11.1.